The van der Waals surface area contributed by atoms with Gasteiger partial charge in [-0.25, -0.2) is 0 Å². The van der Waals surface area contributed by atoms with Gasteiger partial charge >= 0.3 is 0 Å². The molecule has 0 saturated heterocycles. The molecule has 12 aromatic rings. The molecule has 0 spiro atoms. The van der Waals surface area contributed by atoms with Gasteiger partial charge in [0.15, 0.2) is 0 Å². The lowest BCUT2D eigenvalue weighted by Crippen LogP contribution is -2.10. The molecule has 3 aromatic heterocycles. The summed E-state index contributed by atoms with van der Waals surface area (Å²) in [6.45, 7) is 0. The fourth-order valence-corrected chi connectivity index (χ4v) is 11.3. The van der Waals surface area contributed by atoms with Crippen LogP contribution in [0.15, 0.2) is 205 Å². The van der Waals surface area contributed by atoms with Crippen LogP contribution in [0.5, 0.6) is 0 Å². The van der Waals surface area contributed by atoms with E-state index >= 15 is 0 Å². The lowest BCUT2D eigenvalue weighted by Gasteiger charge is -2.27. The summed E-state index contributed by atoms with van der Waals surface area (Å²) in [7, 11) is 0. The van der Waals surface area contributed by atoms with Gasteiger partial charge in [-0.05, 0) is 76.3 Å². The number of fused-ring (bicyclic) bond motifs is 9. The van der Waals surface area contributed by atoms with Crippen LogP contribution in [0, 0.1) is 0 Å². The van der Waals surface area contributed by atoms with Gasteiger partial charge in [-0.15, -0.1) is 22.7 Å². The highest BCUT2D eigenvalue weighted by atomic mass is 32.1. The number of furan rings is 1. The highest BCUT2D eigenvalue weighted by molar-refractivity contribution is 7.27. The SMILES string of the molecule is c1ccc(-c2ccc(N(c3ccc4sc5c(-c6ccccc6)ccc(-c6ccccc6)c5c4c3)c3cccc4c3sc3ccccc34)c3c2oc2ccccc23)cc1. The Morgan fingerprint density at radius 3 is 1.72 bits per heavy atom. The van der Waals surface area contributed by atoms with E-state index in [4.69, 9.17) is 4.42 Å². The van der Waals surface area contributed by atoms with Crippen LogP contribution in [0.3, 0.4) is 0 Å². The van der Waals surface area contributed by atoms with Gasteiger partial charge in [0.25, 0.3) is 0 Å². The van der Waals surface area contributed by atoms with Crippen molar-refractivity contribution >= 4 is 102 Å². The Morgan fingerprint density at radius 1 is 0.362 bits per heavy atom. The van der Waals surface area contributed by atoms with Crippen LogP contribution in [-0.4, -0.2) is 0 Å². The Hall–Kier alpha value is -6.98. The number of para-hydroxylation sites is 1. The van der Waals surface area contributed by atoms with Gasteiger partial charge in [0, 0.05) is 52.3 Å². The van der Waals surface area contributed by atoms with Crippen LogP contribution in [0.2, 0.25) is 0 Å². The minimum absolute atomic E-state index is 0.877. The van der Waals surface area contributed by atoms with Crippen molar-refractivity contribution in [2.45, 2.75) is 0 Å². The first kappa shape index (κ1) is 33.2. The standard InChI is InChI=1S/C54H33NOS2/c1-4-15-34(16-5-1)38-28-29-40(36-19-8-3-9-20-36)54-50(38)44-33-37(27-32-49(44)58-54)55(46-24-14-23-42-41-21-11-13-26-48(41)57-53(42)46)45-31-30-39(35-17-6-2-7-18-35)52-51(45)43-22-10-12-25-47(43)56-52/h1-33H. The molecule has 0 amide bonds. The fraction of sp³-hybridized carbons (Fsp3) is 0. The first-order valence-electron chi connectivity index (χ1n) is 19.6. The quantitative estimate of drug-likeness (QED) is 0.167. The molecule has 272 valence electrons. The molecule has 0 bridgehead atoms. The highest BCUT2D eigenvalue weighted by Crippen LogP contribution is 2.52. The summed E-state index contributed by atoms with van der Waals surface area (Å²) in [5.41, 5.74) is 12.2. The van der Waals surface area contributed by atoms with E-state index < -0.39 is 0 Å². The lowest BCUT2D eigenvalue weighted by atomic mass is 9.94. The molecule has 3 heterocycles. The van der Waals surface area contributed by atoms with Crippen LogP contribution in [0.1, 0.15) is 0 Å². The minimum atomic E-state index is 0.877. The second-order valence-electron chi connectivity index (χ2n) is 14.8. The summed E-state index contributed by atoms with van der Waals surface area (Å²) >= 11 is 3.74. The maximum Gasteiger partial charge on any atom is 0.145 e. The van der Waals surface area contributed by atoms with E-state index in [0.717, 1.165) is 50.1 Å². The monoisotopic (exact) mass is 775 g/mol. The van der Waals surface area contributed by atoms with Crippen molar-refractivity contribution in [3.05, 3.63) is 200 Å². The Labute approximate surface area is 343 Å². The topological polar surface area (TPSA) is 16.4 Å². The number of hydrogen-bond acceptors (Lipinski definition) is 4. The fourth-order valence-electron chi connectivity index (χ4n) is 8.87. The zero-order chi connectivity index (χ0) is 38.2. The molecular formula is C54H33NOS2. The molecule has 9 aromatic carbocycles. The molecule has 0 fully saturated rings. The van der Waals surface area contributed by atoms with Crippen molar-refractivity contribution in [3.63, 3.8) is 0 Å². The second kappa shape index (κ2) is 13.3. The molecular weight excluding hydrogens is 743 g/mol. The number of anilines is 3. The maximum atomic E-state index is 6.85. The molecule has 0 unspecified atom stereocenters. The molecule has 0 N–H and O–H groups in total. The van der Waals surface area contributed by atoms with Crippen LogP contribution >= 0.6 is 22.7 Å². The predicted octanol–water partition coefficient (Wildman–Crippen LogP) is 16.8. The Kier molecular flexibility index (Phi) is 7.62. The number of thiophene rings is 2. The third-order valence-corrected chi connectivity index (χ3v) is 13.9. The van der Waals surface area contributed by atoms with E-state index in [1.807, 2.05) is 22.7 Å². The number of hydrogen-bond donors (Lipinski definition) is 0. The van der Waals surface area contributed by atoms with Crippen LogP contribution in [0.25, 0.3) is 95.7 Å². The Bertz CT molecular complexity index is 3510. The molecule has 0 aliphatic rings. The third kappa shape index (κ3) is 5.16. The molecule has 0 aliphatic heterocycles. The smallest absolute Gasteiger partial charge is 0.145 e. The van der Waals surface area contributed by atoms with Gasteiger partial charge in [0.2, 0.25) is 0 Å². The van der Waals surface area contributed by atoms with Gasteiger partial charge in [-0.3, -0.25) is 0 Å². The van der Waals surface area contributed by atoms with E-state index in [1.165, 1.54) is 62.6 Å². The molecule has 2 nitrogen and oxygen atoms in total. The van der Waals surface area contributed by atoms with Crippen LogP contribution in [-0.2, 0) is 0 Å². The van der Waals surface area contributed by atoms with Gasteiger partial charge in [0.1, 0.15) is 11.2 Å². The molecule has 4 heteroatoms. The molecule has 0 atom stereocenters. The lowest BCUT2D eigenvalue weighted by molar-refractivity contribution is 0.670. The summed E-state index contributed by atoms with van der Waals surface area (Å²) in [5, 5.41) is 7.27. The third-order valence-electron chi connectivity index (χ3n) is 11.5. The van der Waals surface area contributed by atoms with Crippen LogP contribution < -0.4 is 4.90 Å². The molecule has 12 rings (SSSR count). The minimum Gasteiger partial charge on any atom is -0.455 e. The summed E-state index contributed by atoms with van der Waals surface area (Å²) in [5.74, 6) is 0. The van der Waals surface area contributed by atoms with Crippen molar-refractivity contribution in [1.82, 2.24) is 0 Å². The largest absolute Gasteiger partial charge is 0.455 e. The van der Waals surface area contributed by atoms with Crippen molar-refractivity contribution in [1.29, 1.82) is 0 Å². The molecule has 0 radical (unpaired) electrons. The second-order valence-corrected chi connectivity index (χ2v) is 16.9. The summed E-state index contributed by atoms with van der Waals surface area (Å²) in [4.78, 5) is 2.49. The van der Waals surface area contributed by atoms with Gasteiger partial charge in [-0.2, -0.15) is 0 Å². The number of benzene rings is 9. The summed E-state index contributed by atoms with van der Waals surface area (Å²) < 4.78 is 11.9. The van der Waals surface area contributed by atoms with Crippen molar-refractivity contribution in [2.75, 3.05) is 4.90 Å². The van der Waals surface area contributed by atoms with Gasteiger partial charge in [-0.1, -0.05) is 152 Å². The Balaban J connectivity index is 1.19. The molecule has 58 heavy (non-hydrogen) atoms. The number of nitrogens with zero attached hydrogens (tertiary/aromatic N) is 1. The predicted molar refractivity (Wildman–Crippen MR) is 250 cm³/mol. The van der Waals surface area contributed by atoms with Gasteiger partial charge in [0.05, 0.1) is 21.5 Å². The van der Waals surface area contributed by atoms with Crippen molar-refractivity contribution in [2.24, 2.45) is 0 Å². The van der Waals surface area contributed by atoms with E-state index in [9.17, 15) is 0 Å². The number of rotatable bonds is 6. The first-order valence-corrected chi connectivity index (χ1v) is 21.2. The maximum absolute atomic E-state index is 6.85. The van der Waals surface area contributed by atoms with E-state index in [0.29, 0.717) is 0 Å². The molecule has 0 saturated carbocycles. The highest BCUT2D eigenvalue weighted by Gasteiger charge is 2.25. The zero-order valence-corrected chi connectivity index (χ0v) is 32.9. The first-order chi connectivity index (χ1) is 28.8. The average Bonchev–Trinajstić information content (AvgIpc) is 4.00. The van der Waals surface area contributed by atoms with E-state index in [-0.39, 0.29) is 0 Å². The summed E-state index contributed by atoms with van der Waals surface area (Å²) in [6, 6.07) is 72.5. The average molecular weight is 776 g/mol. The van der Waals surface area contributed by atoms with Crippen molar-refractivity contribution in [3.8, 4) is 33.4 Å². The molecule has 0 aliphatic carbocycles. The van der Waals surface area contributed by atoms with Crippen LogP contribution in [0.4, 0.5) is 17.1 Å². The van der Waals surface area contributed by atoms with Gasteiger partial charge < -0.3 is 9.32 Å². The normalized spacial score (nSPS) is 11.8. The summed E-state index contributed by atoms with van der Waals surface area (Å²) in [6.07, 6.45) is 0. The van der Waals surface area contributed by atoms with Crippen molar-refractivity contribution < 1.29 is 4.42 Å². The zero-order valence-electron chi connectivity index (χ0n) is 31.2. The Morgan fingerprint density at radius 2 is 0.948 bits per heavy atom. The van der Waals surface area contributed by atoms with E-state index in [1.54, 1.807) is 0 Å². The van der Waals surface area contributed by atoms with E-state index in [2.05, 4.69) is 205 Å².